The standard InChI is InChI=1S/C13H15N5O4S2/c1-15-24(21,22)10-5-4-8(23-10)7-16-11-9(6-14)12(19)18(3)13(20)17(11)2/h4-5,15-16H,7H2,1-3H3. The number of aromatic nitrogens is 2. The predicted molar refractivity (Wildman–Crippen MR) is 89.5 cm³/mol. The molecule has 9 nitrogen and oxygen atoms in total. The highest BCUT2D eigenvalue weighted by molar-refractivity contribution is 7.91. The summed E-state index contributed by atoms with van der Waals surface area (Å²) in [6, 6.07) is 4.87. The number of rotatable bonds is 5. The second kappa shape index (κ2) is 6.60. The van der Waals surface area contributed by atoms with E-state index in [0.717, 1.165) is 15.9 Å². The van der Waals surface area contributed by atoms with Gasteiger partial charge in [-0.15, -0.1) is 11.3 Å². The Bertz CT molecular complexity index is 1040. The Kier molecular flexibility index (Phi) is 4.93. The summed E-state index contributed by atoms with van der Waals surface area (Å²) in [7, 11) is 0.536. The van der Waals surface area contributed by atoms with Gasteiger partial charge in [0.05, 0.1) is 6.54 Å². The smallest absolute Gasteiger partial charge is 0.332 e. The molecule has 0 fully saturated rings. The van der Waals surface area contributed by atoms with Crippen LogP contribution in [0.2, 0.25) is 0 Å². The van der Waals surface area contributed by atoms with Crippen molar-refractivity contribution in [3.05, 3.63) is 43.4 Å². The van der Waals surface area contributed by atoms with Gasteiger partial charge in [0, 0.05) is 19.0 Å². The molecular formula is C13H15N5O4S2. The molecule has 0 saturated carbocycles. The zero-order chi connectivity index (χ0) is 18.1. The van der Waals surface area contributed by atoms with Gasteiger partial charge in [-0.1, -0.05) is 0 Å². The molecule has 0 aromatic carbocycles. The summed E-state index contributed by atoms with van der Waals surface area (Å²) in [5.41, 5.74) is -1.43. The fourth-order valence-corrected chi connectivity index (χ4v) is 4.15. The molecule has 0 radical (unpaired) electrons. The van der Waals surface area contributed by atoms with E-state index in [2.05, 4.69) is 10.0 Å². The highest BCUT2D eigenvalue weighted by Gasteiger charge is 2.17. The molecule has 2 N–H and O–H groups in total. The molecular weight excluding hydrogens is 354 g/mol. The Morgan fingerprint density at radius 3 is 2.50 bits per heavy atom. The lowest BCUT2D eigenvalue weighted by molar-refractivity contribution is 0.590. The first kappa shape index (κ1) is 17.9. The Morgan fingerprint density at radius 2 is 1.92 bits per heavy atom. The van der Waals surface area contributed by atoms with Crippen molar-refractivity contribution < 1.29 is 8.42 Å². The van der Waals surface area contributed by atoms with E-state index in [9.17, 15) is 23.3 Å². The van der Waals surface area contributed by atoms with Gasteiger partial charge < -0.3 is 5.32 Å². The number of nitrogens with zero attached hydrogens (tertiary/aromatic N) is 3. The minimum Gasteiger partial charge on any atom is -0.365 e. The van der Waals surface area contributed by atoms with Gasteiger partial charge >= 0.3 is 5.69 Å². The summed E-state index contributed by atoms with van der Waals surface area (Å²) in [5, 5.41) is 12.0. The molecule has 24 heavy (non-hydrogen) atoms. The second-order valence-electron chi connectivity index (χ2n) is 4.82. The van der Waals surface area contributed by atoms with Gasteiger partial charge in [-0.25, -0.2) is 17.9 Å². The third-order valence-electron chi connectivity index (χ3n) is 3.38. The highest BCUT2D eigenvalue weighted by atomic mass is 32.2. The summed E-state index contributed by atoms with van der Waals surface area (Å²) >= 11 is 1.05. The topological polar surface area (TPSA) is 126 Å². The molecule has 2 aromatic rings. The van der Waals surface area contributed by atoms with Gasteiger partial charge in [-0.2, -0.15) is 5.26 Å². The van der Waals surface area contributed by atoms with Crippen LogP contribution in [0.15, 0.2) is 25.9 Å². The van der Waals surface area contributed by atoms with Gasteiger partial charge in [0.2, 0.25) is 10.0 Å². The van der Waals surface area contributed by atoms with E-state index < -0.39 is 21.3 Å². The molecule has 0 aliphatic carbocycles. The lowest BCUT2D eigenvalue weighted by atomic mass is 10.3. The summed E-state index contributed by atoms with van der Waals surface area (Å²) < 4.78 is 27.8. The summed E-state index contributed by atoms with van der Waals surface area (Å²) in [6.07, 6.45) is 0. The van der Waals surface area contributed by atoms with Crippen molar-refractivity contribution in [2.45, 2.75) is 10.8 Å². The number of hydrogen-bond donors (Lipinski definition) is 2. The summed E-state index contributed by atoms with van der Waals surface area (Å²) in [4.78, 5) is 24.6. The van der Waals surface area contributed by atoms with Crippen LogP contribution in [0.1, 0.15) is 10.4 Å². The fraction of sp³-hybridized carbons (Fsp3) is 0.308. The van der Waals surface area contributed by atoms with Crippen LogP contribution >= 0.6 is 11.3 Å². The van der Waals surface area contributed by atoms with E-state index in [1.54, 1.807) is 12.1 Å². The van der Waals surface area contributed by atoms with Gasteiger partial charge in [-0.05, 0) is 19.2 Å². The molecule has 0 amide bonds. The van der Waals surface area contributed by atoms with Gasteiger partial charge in [0.25, 0.3) is 5.56 Å². The maximum atomic E-state index is 12.0. The summed E-state index contributed by atoms with van der Waals surface area (Å²) in [6.45, 7) is 0.166. The van der Waals surface area contributed by atoms with Crippen molar-refractivity contribution in [2.24, 2.45) is 14.1 Å². The Balaban J connectivity index is 2.36. The summed E-state index contributed by atoms with van der Waals surface area (Å²) in [5.74, 6) is 0.0945. The first-order valence-corrected chi connectivity index (χ1v) is 8.99. The molecule has 2 heterocycles. The SMILES string of the molecule is CNS(=O)(=O)c1ccc(CNc2c(C#N)c(=O)n(C)c(=O)n2C)s1. The Morgan fingerprint density at radius 1 is 1.25 bits per heavy atom. The zero-order valence-corrected chi connectivity index (χ0v) is 14.8. The number of hydrogen-bond acceptors (Lipinski definition) is 7. The van der Waals surface area contributed by atoms with Crippen LogP contribution < -0.4 is 21.3 Å². The van der Waals surface area contributed by atoms with E-state index in [4.69, 9.17) is 0 Å². The molecule has 0 aliphatic rings. The maximum absolute atomic E-state index is 12.0. The predicted octanol–water partition coefficient (Wildman–Crippen LogP) is -0.463. The number of anilines is 1. The second-order valence-corrected chi connectivity index (χ2v) is 8.10. The van der Waals surface area contributed by atoms with Crippen molar-refractivity contribution in [1.82, 2.24) is 13.9 Å². The monoisotopic (exact) mass is 369 g/mol. The normalized spacial score (nSPS) is 11.2. The first-order valence-electron chi connectivity index (χ1n) is 6.69. The van der Waals surface area contributed by atoms with E-state index >= 15 is 0 Å². The third-order valence-corrected chi connectivity index (χ3v) is 6.37. The van der Waals surface area contributed by atoms with Crippen LogP contribution in [0.3, 0.4) is 0 Å². The van der Waals surface area contributed by atoms with Crippen LogP contribution in [-0.2, 0) is 30.7 Å². The van der Waals surface area contributed by atoms with Crippen molar-refractivity contribution in [3.63, 3.8) is 0 Å². The Hall–Kier alpha value is -2.42. The molecule has 0 bridgehead atoms. The minimum absolute atomic E-state index is 0.0945. The lowest BCUT2D eigenvalue weighted by Crippen LogP contribution is -2.39. The number of nitrogens with one attached hydrogen (secondary N) is 2. The van der Waals surface area contributed by atoms with Crippen LogP contribution in [0.5, 0.6) is 0 Å². The molecule has 0 saturated heterocycles. The van der Waals surface area contributed by atoms with Crippen LogP contribution in [0, 0.1) is 11.3 Å². The number of thiophene rings is 1. The largest absolute Gasteiger partial charge is 0.365 e. The minimum atomic E-state index is -3.52. The number of nitriles is 1. The molecule has 11 heteroatoms. The average Bonchev–Trinajstić information content (AvgIpc) is 3.04. The quantitative estimate of drug-likeness (QED) is 0.734. The molecule has 0 spiro atoms. The molecule has 0 aliphatic heterocycles. The molecule has 0 unspecified atom stereocenters. The van der Waals surface area contributed by atoms with E-state index in [-0.39, 0.29) is 22.1 Å². The molecule has 2 rings (SSSR count). The van der Waals surface area contributed by atoms with Crippen LogP contribution in [-0.4, -0.2) is 24.6 Å². The van der Waals surface area contributed by atoms with Gasteiger partial charge in [-0.3, -0.25) is 13.9 Å². The highest BCUT2D eigenvalue weighted by Crippen LogP contribution is 2.22. The fourth-order valence-electron chi connectivity index (χ4n) is 2.02. The van der Waals surface area contributed by atoms with E-state index in [0.29, 0.717) is 4.88 Å². The van der Waals surface area contributed by atoms with E-state index in [1.165, 1.54) is 31.8 Å². The zero-order valence-electron chi connectivity index (χ0n) is 13.2. The van der Waals surface area contributed by atoms with Crippen LogP contribution in [0.25, 0.3) is 0 Å². The Labute approximate surface area is 141 Å². The van der Waals surface area contributed by atoms with E-state index in [1.807, 2.05) is 0 Å². The van der Waals surface area contributed by atoms with Gasteiger partial charge in [0.15, 0.2) is 5.56 Å². The molecule has 128 valence electrons. The molecule has 2 aromatic heterocycles. The van der Waals surface area contributed by atoms with Crippen molar-refractivity contribution in [2.75, 3.05) is 12.4 Å². The van der Waals surface area contributed by atoms with Gasteiger partial charge in [0.1, 0.15) is 16.1 Å². The van der Waals surface area contributed by atoms with Crippen molar-refractivity contribution in [3.8, 4) is 6.07 Å². The maximum Gasteiger partial charge on any atom is 0.332 e. The van der Waals surface area contributed by atoms with Crippen LogP contribution in [0.4, 0.5) is 5.82 Å². The molecule has 0 atom stereocenters. The third kappa shape index (κ3) is 3.12. The number of sulfonamides is 1. The van der Waals surface area contributed by atoms with Crippen molar-refractivity contribution in [1.29, 1.82) is 5.26 Å². The van der Waals surface area contributed by atoms with Crippen molar-refractivity contribution >= 4 is 27.2 Å². The average molecular weight is 369 g/mol. The first-order chi connectivity index (χ1) is 11.2. The lowest BCUT2D eigenvalue weighted by Gasteiger charge is -2.12.